The molecular formula is C46H58F2O3. The Kier molecular flexibility index (Phi) is 19.8. The van der Waals surface area contributed by atoms with Crippen molar-refractivity contribution in [2.75, 3.05) is 19.8 Å². The minimum absolute atomic E-state index is 0.261. The average Bonchev–Trinajstić information content (AvgIpc) is 3.16. The topological polar surface area (TPSA) is 27.7 Å². The number of hydrogen-bond acceptors (Lipinski definition) is 3. The highest BCUT2D eigenvalue weighted by Crippen LogP contribution is 2.26. The Morgan fingerprint density at radius 1 is 0.510 bits per heavy atom. The third kappa shape index (κ3) is 16.8. The molecule has 0 aliphatic heterocycles. The molecule has 0 amide bonds. The maximum atomic E-state index is 14.1. The van der Waals surface area contributed by atoms with E-state index < -0.39 is 11.6 Å². The molecule has 0 aliphatic carbocycles. The molecule has 0 aromatic heterocycles. The molecule has 0 unspecified atom stereocenters. The van der Waals surface area contributed by atoms with Gasteiger partial charge in [-0.1, -0.05) is 136 Å². The Balaban J connectivity index is 1.07. The monoisotopic (exact) mass is 696 g/mol. The van der Waals surface area contributed by atoms with Crippen LogP contribution in [0.1, 0.15) is 101 Å². The summed E-state index contributed by atoms with van der Waals surface area (Å²) < 4.78 is 45.3. The number of rotatable bonds is 27. The fourth-order valence-electron chi connectivity index (χ4n) is 6.27. The van der Waals surface area contributed by atoms with Crippen molar-refractivity contribution >= 4 is 0 Å². The van der Waals surface area contributed by atoms with Crippen LogP contribution < -0.4 is 4.74 Å². The molecule has 0 aliphatic rings. The first-order chi connectivity index (χ1) is 25.2. The predicted molar refractivity (Wildman–Crippen MR) is 207 cm³/mol. The van der Waals surface area contributed by atoms with Crippen LogP contribution in [0.4, 0.5) is 8.78 Å². The van der Waals surface area contributed by atoms with E-state index in [2.05, 4.69) is 60.7 Å². The highest BCUT2D eigenvalue weighted by atomic mass is 19.2. The van der Waals surface area contributed by atoms with Crippen molar-refractivity contribution in [2.24, 2.45) is 5.92 Å². The second-order valence-corrected chi connectivity index (χ2v) is 13.5. The van der Waals surface area contributed by atoms with Gasteiger partial charge in [-0.25, -0.2) is 8.78 Å². The number of unbranched alkanes of at least 4 members (excludes halogenated alkanes) is 9. The van der Waals surface area contributed by atoms with Gasteiger partial charge in [0.1, 0.15) is 5.75 Å². The van der Waals surface area contributed by atoms with Crippen LogP contribution in [0, 0.1) is 17.6 Å². The smallest absolute Gasteiger partial charge is 0.166 e. The van der Waals surface area contributed by atoms with Gasteiger partial charge >= 0.3 is 0 Å². The van der Waals surface area contributed by atoms with Crippen molar-refractivity contribution in [3.05, 3.63) is 138 Å². The molecule has 274 valence electrons. The molecule has 0 spiro atoms. The molecule has 0 bridgehead atoms. The Hall–Kier alpha value is -3.80. The van der Waals surface area contributed by atoms with Crippen LogP contribution in [0.25, 0.3) is 11.1 Å². The molecule has 0 saturated carbocycles. The Bertz CT molecular complexity index is 1420. The summed E-state index contributed by atoms with van der Waals surface area (Å²) in [5, 5.41) is 0. The van der Waals surface area contributed by atoms with E-state index in [-0.39, 0.29) is 5.56 Å². The fraction of sp³-hybridized carbons (Fsp3) is 0.435. The number of ether oxygens (including phenoxy) is 3. The summed E-state index contributed by atoms with van der Waals surface area (Å²) >= 11 is 0. The maximum absolute atomic E-state index is 14.1. The van der Waals surface area contributed by atoms with E-state index in [9.17, 15) is 8.78 Å². The van der Waals surface area contributed by atoms with Crippen LogP contribution in [-0.2, 0) is 22.7 Å². The summed E-state index contributed by atoms with van der Waals surface area (Å²) in [5.74, 6) is -0.255. The van der Waals surface area contributed by atoms with Gasteiger partial charge in [-0.15, -0.1) is 0 Å². The lowest BCUT2D eigenvalue weighted by Crippen LogP contribution is -1.99. The van der Waals surface area contributed by atoms with Crippen LogP contribution in [0.3, 0.4) is 0 Å². The summed E-state index contributed by atoms with van der Waals surface area (Å²) in [6, 6.07) is 32.2. The van der Waals surface area contributed by atoms with Crippen LogP contribution in [0.15, 0.2) is 115 Å². The zero-order valence-corrected chi connectivity index (χ0v) is 30.5. The zero-order chi connectivity index (χ0) is 35.6. The van der Waals surface area contributed by atoms with Crippen molar-refractivity contribution in [1.29, 1.82) is 0 Å². The van der Waals surface area contributed by atoms with Crippen molar-refractivity contribution < 1.29 is 23.0 Å². The molecule has 0 saturated heterocycles. The maximum Gasteiger partial charge on any atom is 0.166 e. The van der Waals surface area contributed by atoms with Crippen LogP contribution in [0.2, 0.25) is 0 Å². The van der Waals surface area contributed by atoms with Crippen molar-refractivity contribution in [3.63, 3.8) is 0 Å². The van der Waals surface area contributed by atoms with Gasteiger partial charge in [-0.3, -0.25) is 0 Å². The van der Waals surface area contributed by atoms with Gasteiger partial charge in [0.25, 0.3) is 0 Å². The predicted octanol–water partition coefficient (Wildman–Crippen LogP) is 13.1. The van der Waals surface area contributed by atoms with Gasteiger partial charge in [0.15, 0.2) is 11.6 Å². The van der Waals surface area contributed by atoms with Gasteiger partial charge in [0.2, 0.25) is 0 Å². The fourth-order valence-corrected chi connectivity index (χ4v) is 6.27. The van der Waals surface area contributed by atoms with E-state index in [1.54, 1.807) is 18.2 Å². The van der Waals surface area contributed by atoms with Gasteiger partial charge in [-0.2, -0.15) is 0 Å². The molecule has 0 fully saturated rings. The first-order valence-corrected chi connectivity index (χ1v) is 19.3. The first kappa shape index (κ1) is 40.0. The normalized spacial score (nSPS) is 11.5. The summed E-state index contributed by atoms with van der Waals surface area (Å²) in [6.45, 7) is 3.73. The zero-order valence-electron chi connectivity index (χ0n) is 30.5. The Morgan fingerprint density at radius 2 is 1.06 bits per heavy atom. The third-order valence-corrected chi connectivity index (χ3v) is 9.26. The van der Waals surface area contributed by atoms with Crippen LogP contribution in [-0.4, -0.2) is 19.8 Å². The van der Waals surface area contributed by atoms with Crippen LogP contribution >= 0.6 is 0 Å². The number of halogens is 2. The second-order valence-electron chi connectivity index (χ2n) is 13.5. The van der Waals surface area contributed by atoms with E-state index >= 15 is 0 Å². The summed E-state index contributed by atoms with van der Waals surface area (Å²) in [7, 11) is 0. The standard InChI is InChI=1S/C46H58F2O3/c47-45-29-20-28-44(46(45)48)42-30-32-43(33-31-42)51-36-19-5-1-2-10-21-39(22-11-3-6-17-34-49-37-40-24-13-8-14-25-40)23-12-4-7-18-35-50-38-41-26-15-9-16-27-41/h8-10,13-16,20-21,24-33,39H,1-7,11-12,17-19,22-23,34-38H2/b21-10+. The lowest BCUT2D eigenvalue weighted by molar-refractivity contribution is 0.116. The van der Waals surface area contributed by atoms with Crippen LogP contribution in [0.5, 0.6) is 5.75 Å². The van der Waals surface area contributed by atoms with Crippen molar-refractivity contribution in [1.82, 2.24) is 0 Å². The quantitative estimate of drug-likeness (QED) is 0.0459. The molecular weight excluding hydrogens is 638 g/mol. The Morgan fingerprint density at radius 3 is 1.67 bits per heavy atom. The largest absolute Gasteiger partial charge is 0.494 e. The molecule has 3 nitrogen and oxygen atoms in total. The lowest BCUT2D eigenvalue weighted by Gasteiger charge is -2.13. The lowest BCUT2D eigenvalue weighted by atomic mass is 9.93. The van der Waals surface area contributed by atoms with Crippen molar-refractivity contribution in [2.45, 2.75) is 103 Å². The molecule has 0 heterocycles. The van der Waals surface area contributed by atoms with Gasteiger partial charge < -0.3 is 14.2 Å². The summed E-state index contributed by atoms with van der Waals surface area (Å²) in [5.41, 5.74) is 3.38. The summed E-state index contributed by atoms with van der Waals surface area (Å²) in [6.07, 6.45) is 21.6. The number of hydrogen-bond donors (Lipinski definition) is 0. The molecule has 0 radical (unpaired) electrons. The average molecular weight is 697 g/mol. The van der Waals surface area contributed by atoms with E-state index in [1.165, 1.54) is 68.6 Å². The molecule has 0 atom stereocenters. The minimum Gasteiger partial charge on any atom is -0.494 e. The summed E-state index contributed by atoms with van der Waals surface area (Å²) in [4.78, 5) is 0. The van der Waals surface area contributed by atoms with Gasteiger partial charge in [0, 0.05) is 18.8 Å². The second kappa shape index (κ2) is 25.2. The highest BCUT2D eigenvalue weighted by molar-refractivity contribution is 5.64. The Labute approximate surface area is 306 Å². The number of benzene rings is 4. The van der Waals surface area contributed by atoms with Crippen molar-refractivity contribution in [3.8, 4) is 16.9 Å². The van der Waals surface area contributed by atoms with Gasteiger partial charge in [-0.05, 0) is 92.2 Å². The third-order valence-electron chi connectivity index (χ3n) is 9.26. The number of allylic oxidation sites excluding steroid dienone is 2. The molecule has 4 rings (SSSR count). The SMILES string of the molecule is Fc1cccc(-c2ccc(OCCCCC/C=C/C(CCCCCCOCc3ccccc3)CCCCCCOCc3ccccc3)cc2)c1F. The molecule has 5 heteroatoms. The van der Waals surface area contributed by atoms with Gasteiger partial charge in [0.05, 0.1) is 19.8 Å². The minimum atomic E-state index is -0.836. The van der Waals surface area contributed by atoms with E-state index in [1.807, 2.05) is 24.3 Å². The highest BCUT2D eigenvalue weighted by Gasteiger charge is 2.10. The van der Waals surface area contributed by atoms with E-state index in [0.717, 1.165) is 63.6 Å². The molecule has 51 heavy (non-hydrogen) atoms. The first-order valence-electron chi connectivity index (χ1n) is 19.3. The molecule has 4 aromatic rings. The molecule has 4 aromatic carbocycles. The van der Waals surface area contributed by atoms with E-state index in [0.29, 0.717) is 31.3 Å². The molecule has 0 N–H and O–H groups in total. The van der Waals surface area contributed by atoms with E-state index in [4.69, 9.17) is 14.2 Å².